The third-order valence-electron chi connectivity index (χ3n) is 3.11. The molecule has 1 heterocycles. The molecule has 4 N–H and O–H groups in total. The van der Waals surface area contributed by atoms with Gasteiger partial charge in [-0.15, -0.1) is 0 Å². The normalized spacial score (nSPS) is 20.3. The number of nitrogens with two attached hydrogens (primary N) is 2. The second-order valence-electron chi connectivity index (χ2n) is 4.32. The van der Waals surface area contributed by atoms with Crippen LogP contribution in [0.1, 0.15) is 19.3 Å². The lowest BCUT2D eigenvalue weighted by molar-refractivity contribution is -0.119. The molecule has 1 aliphatic rings. The fraction of sp³-hybridized carbons (Fsp3) is 0.417. The summed E-state index contributed by atoms with van der Waals surface area (Å²) in [5.74, 6) is -0.256. The predicted molar refractivity (Wildman–Crippen MR) is 72.7 cm³/mol. The number of piperidine rings is 1. The highest BCUT2D eigenvalue weighted by Gasteiger charge is 2.28. The molecule has 1 amide bonds. The first-order valence-corrected chi connectivity index (χ1v) is 6.50. The van der Waals surface area contributed by atoms with Crippen molar-refractivity contribution in [1.29, 1.82) is 0 Å². The topological polar surface area (TPSA) is 72.4 Å². The maximum Gasteiger partial charge on any atom is 0.240 e. The molecule has 1 atom stereocenters. The zero-order chi connectivity index (χ0) is 12.4. The summed E-state index contributed by atoms with van der Waals surface area (Å²) in [6.45, 7) is 0.857. The first-order valence-electron chi connectivity index (χ1n) is 5.70. The van der Waals surface area contributed by atoms with Gasteiger partial charge < -0.3 is 16.4 Å². The average molecular weight is 298 g/mol. The number of rotatable bonds is 2. The number of halogens is 1. The highest BCUT2D eigenvalue weighted by molar-refractivity contribution is 9.10. The maximum absolute atomic E-state index is 11.5. The van der Waals surface area contributed by atoms with Crippen LogP contribution in [0, 0.1) is 0 Å². The number of amides is 1. The van der Waals surface area contributed by atoms with E-state index in [2.05, 4.69) is 20.8 Å². The summed E-state index contributed by atoms with van der Waals surface area (Å²) in [4.78, 5) is 13.5. The van der Waals surface area contributed by atoms with Gasteiger partial charge in [0, 0.05) is 16.7 Å². The van der Waals surface area contributed by atoms with E-state index in [0.29, 0.717) is 5.69 Å². The molecule has 92 valence electrons. The fourth-order valence-electron chi connectivity index (χ4n) is 2.27. The third kappa shape index (κ3) is 2.54. The molecular weight excluding hydrogens is 282 g/mol. The van der Waals surface area contributed by atoms with Crippen LogP contribution >= 0.6 is 15.9 Å². The number of nitrogen functional groups attached to an aromatic ring is 1. The van der Waals surface area contributed by atoms with Crippen molar-refractivity contribution in [2.75, 3.05) is 17.2 Å². The highest BCUT2D eigenvalue weighted by Crippen LogP contribution is 2.32. The van der Waals surface area contributed by atoms with E-state index >= 15 is 0 Å². The Bertz CT molecular complexity index is 436. The van der Waals surface area contributed by atoms with Crippen molar-refractivity contribution in [3.63, 3.8) is 0 Å². The second-order valence-corrected chi connectivity index (χ2v) is 5.17. The van der Waals surface area contributed by atoms with Gasteiger partial charge in [-0.3, -0.25) is 4.79 Å². The Morgan fingerprint density at radius 3 is 2.82 bits per heavy atom. The van der Waals surface area contributed by atoms with Gasteiger partial charge in [-0.2, -0.15) is 0 Å². The molecule has 5 heteroatoms. The van der Waals surface area contributed by atoms with E-state index in [0.717, 1.165) is 36.0 Å². The Hall–Kier alpha value is -1.23. The Labute approximate surface area is 109 Å². The molecule has 0 aromatic heterocycles. The van der Waals surface area contributed by atoms with Gasteiger partial charge in [0.05, 0.1) is 5.69 Å². The Morgan fingerprint density at radius 2 is 2.18 bits per heavy atom. The number of anilines is 2. The largest absolute Gasteiger partial charge is 0.399 e. The Morgan fingerprint density at radius 1 is 1.41 bits per heavy atom. The lowest BCUT2D eigenvalue weighted by atomic mass is 10.0. The number of carbonyl (C=O) groups is 1. The van der Waals surface area contributed by atoms with Crippen molar-refractivity contribution in [1.82, 2.24) is 0 Å². The van der Waals surface area contributed by atoms with Gasteiger partial charge >= 0.3 is 0 Å². The lowest BCUT2D eigenvalue weighted by Gasteiger charge is -2.36. The van der Waals surface area contributed by atoms with E-state index in [1.807, 2.05) is 18.2 Å². The number of primary amides is 1. The summed E-state index contributed by atoms with van der Waals surface area (Å²) in [7, 11) is 0. The minimum absolute atomic E-state index is 0.205. The van der Waals surface area contributed by atoms with Crippen molar-refractivity contribution in [3.05, 3.63) is 22.7 Å². The first kappa shape index (κ1) is 12.2. The predicted octanol–water partition coefficient (Wildman–Crippen LogP) is 1.88. The zero-order valence-corrected chi connectivity index (χ0v) is 11.1. The van der Waals surface area contributed by atoms with Gasteiger partial charge in [0.25, 0.3) is 0 Å². The molecule has 17 heavy (non-hydrogen) atoms. The highest BCUT2D eigenvalue weighted by atomic mass is 79.9. The summed E-state index contributed by atoms with van der Waals surface area (Å²) in [6, 6.07) is 5.42. The van der Waals surface area contributed by atoms with Gasteiger partial charge in [-0.25, -0.2) is 0 Å². The number of carbonyl (C=O) groups excluding carboxylic acids is 1. The zero-order valence-electron chi connectivity index (χ0n) is 9.53. The van der Waals surface area contributed by atoms with Crippen LogP contribution in [0.15, 0.2) is 22.7 Å². The molecule has 2 rings (SSSR count). The van der Waals surface area contributed by atoms with Gasteiger partial charge in [-0.05, 0) is 53.4 Å². The van der Waals surface area contributed by atoms with Gasteiger partial charge in [0.15, 0.2) is 0 Å². The van der Waals surface area contributed by atoms with E-state index in [-0.39, 0.29) is 11.9 Å². The van der Waals surface area contributed by atoms with Crippen molar-refractivity contribution in [2.45, 2.75) is 25.3 Å². The summed E-state index contributed by atoms with van der Waals surface area (Å²) < 4.78 is 0.908. The van der Waals surface area contributed by atoms with Crippen LogP contribution in [-0.4, -0.2) is 18.5 Å². The van der Waals surface area contributed by atoms with Gasteiger partial charge in [-0.1, -0.05) is 0 Å². The fourth-order valence-corrected chi connectivity index (χ4v) is 2.90. The van der Waals surface area contributed by atoms with Crippen LogP contribution in [0.4, 0.5) is 11.4 Å². The van der Waals surface area contributed by atoms with E-state index in [9.17, 15) is 4.79 Å². The summed E-state index contributed by atoms with van der Waals surface area (Å²) >= 11 is 3.49. The van der Waals surface area contributed by atoms with Crippen LogP contribution in [0.2, 0.25) is 0 Å². The summed E-state index contributed by atoms with van der Waals surface area (Å²) in [6.07, 6.45) is 2.96. The molecule has 1 aromatic rings. The van der Waals surface area contributed by atoms with Crippen molar-refractivity contribution < 1.29 is 4.79 Å². The van der Waals surface area contributed by atoms with E-state index in [1.54, 1.807) is 0 Å². The number of nitrogens with zero attached hydrogens (tertiary/aromatic N) is 1. The van der Waals surface area contributed by atoms with Crippen LogP contribution in [0.5, 0.6) is 0 Å². The van der Waals surface area contributed by atoms with Crippen LogP contribution < -0.4 is 16.4 Å². The van der Waals surface area contributed by atoms with Crippen LogP contribution in [-0.2, 0) is 4.79 Å². The van der Waals surface area contributed by atoms with Gasteiger partial charge in [0.1, 0.15) is 6.04 Å². The molecule has 0 spiro atoms. The second kappa shape index (κ2) is 4.96. The molecular formula is C12H16BrN3O. The molecule has 0 radical (unpaired) electrons. The summed E-state index contributed by atoms with van der Waals surface area (Å²) in [5.41, 5.74) is 12.9. The average Bonchev–Trinajstić information content (AvgIpc) is 2.29. The molecule has 1 aromatic carbocycles. The Balaban J connectivity index is 2.32. The van der Waals surface area contributed by atoms with E-state index in [1.165, 1.54) is 0 Å². The molecule has 4 nitrogen and oxygen atoms in total. The van der Waals surface area contributed by atoms with Gasteiger partial charge in [0.2, 0.25) is 5.91 Å². The third-order valence-corrected chi connectivity index (χ3v) is 3.75. The van der Waals surface area contributed by atoms with E-state index < -0.39 is 0 Å². The smallest absolute Gasteiger partial charge is 0.240 e. The monoisotopic (exact) mass is 297 g/mol. The maximum atomic E-state index is 11.5. The molecule has 0 saturated carbocycles. The number of hydrogen-bond acceptors (Lipinski definition) is 3. The number of benzene rings is 1. The van der Waals surface area contributed by atoms with Crippen LogP contribution in [0.3, 0.4) is 0 Å². The lowest BCUT2D eigenvalue weighted by Crippen LogP contribution is -2.48. The molecule has 0 bridgehead atoms. The Kier molecular flexibility index (Phi) is 3.57. The molecule has 1 fully saturated rings. The van der Waals surface area contributed by atoms with Crippen molar-refractivity contribution in [2.24, 2.45) is 5.73 Å². The first-order chi connectivity index (χ1) is 8.09. The SMILES string of the molecule is NC(=O)C1CCCCN1c1ccc(N)cc1Br. The quantitative estimate of drug-likeness (QED) is 0.819. The van der Waals surface area contributed by atoms with Crippen molar-refractivity contribution >= 4 is 33.2 Å². The molecule has 1 unspecified atom stereocenters. The van der Waals surface area contributed by atoms with Crippen molar-refractivity contribution in [3.8, 4) is 0 Å². The van der Waals surface area contributed by atoms with E-state index in [4.69, 9.17) is 11.5 Å². The number of hydrogen-bond donors (Lipinski definition) is 2. The summed E-state index contributed by atoms with van der Waals surface area (Å²) in [5, 5.41) is 0. The standard InChI is InChI=1S/C12H16BrN3O/c13-9-7-8(14)4-5-10(9)16-6-2-1-3-11(16)12(15)17/h4-5,7,11H,1-3,6,14H2,(H2,15,17). The minimum atomic E-state index is -0.256. The molecule has 1 saturated heterocycles. The van der Waals surface area contributed by atoms with Crippen LogP contribution in [0.25, 0.3) is 0 Å². The molecule has 1 aliphatic heterocycles. The molecule has 0 aliphatic carbocycles. The minimum Gasteiger partial charge on any atom is -0.399 e.